The first kappa shape index (κ1) is 14.4. The molecular formula is C14H21N3O3. The van der Waals surface area contributed by atoms with Crippen molar-refractivity contribution in [2.45, 2.75) is 33.6 Å². The van der Waals surface area contributed by atoms with Crippen molar-refractivity contribution in [2.75, 3.05) is 18.4 Å². The molecule has 0 atom stereocenters. The highest BCUT2D eigenvalue weighted by atomic mass is 16.4. The maximum Gasteiger partial charge on any atom is 0.354 e. The Balaban J connectivity index is 2.10. The number of aromatic nitrogens is 1. The molecule has 0 unspecified atom stereocenters. The van der Waals surface area contributed by atoms with Crippen LogP contribution in [0.25, 0.3) is 0 Å². The number of amides is 2. The topological polar surface area (TPSA) is 85.4 Å². The van der Waals surface area contributed by atoms with E-state index < -0.39 is 5.97 Å². The molecule has 0 radical (unpaired) electrons. The van der Waals surface area contributed by atoms with Crippen LogP contribution in [0.5, 0.6) is 0 Å². The molecule has 1 saturated heterocycles. The molecule has 1 fully saturated rings. The fraction of sp³-hybridized carbons (Fsp3) is 0.571. The van der Waals surface area contributed by atoms with Crippen molar-refractivity contribution in [1.82, 2.24) is 9.88 Å². The molecule has 1 aliphatic heterocycles. The fourth-order valence-corrected chi connectivity index (χ4v) is 2.65. The van der Waals surface area contributed by atoms with E-state index in [1.54, 1.807) is 17.9 Å². The highest BCUT2D eigenvalue weighted by molar-refractivity contribution is 5.99. The maximum atomic E-state index is 12.2. The predicted molar refractivity (Wildman–Crippen MR) is 76.1 cm³/mol. The van der Waals surface area contributed by atoms with E-state index in [0.29, 0.717) is 24.5 Å². The van der Waals surface area contributed by atoms with Gasteiger partial charge in [-0.25, -0.2) is 9.59 Å². The zero-order valence-corrected chi connectivity index (χ0v) is 12.1. The van der Waals surface area contributed by atoms with Gasteiger partial charge in [0.2, 0.25) is 0 Å². The van der Waals surface area contributed by atoms with Crippen LogP contribution in [0.15, 0.2) is 6.07 Å². The van der Waals surface area contributed by atoms with Crippen molar-refractivity contribution in [3.8, 4) is 0 Å². The lowest BCUT2D eigenvalue weighted by Crippen LogP contribution is -2.45. The average molecular weight is 279 g/mol. The van der Waals surface area contributed by atoms with E-state index >= 15 is 0 Å². The second-order valence-corrected chi connectivity index (χ2v) is 6.17. The van der Waals surface area contributed by atoms with Crippen molar-refractivity contribution in [3.05, 3.63) is 17.5 Å². The molecule has 1 aliphatic rings. The van der Waals surface area contributed by atoms with Crippen LogP contribution in [0.1, 0.15) is 42.9 Å². The number of aromatic amines is 1. The molecule has 2 heterocycles. The summed E-state index contributed by atoms with van der Waals surface area (Å²) in [5.74, 6) is -1.08. The van der Waals surface area contributed by atoms with E-state index in [9.17, 15) is 9.59 Å². The Hall–Kier alpha value is -1.98. The highest BCUT2D eigenvalue weighted by Crippen LogP contribution is 2.29. The first-order valence-electron chi connectivity index (χ1n) is 6.77. The second-order valence-electron chi connectivity index (χ2n) is 6.17. The molecule has 0 saturated carbocycles. The van der Waals surface area contributed by atoms with E-state index in [4.69, 9.17) is 5.11 Å². The van der Waals surface area contributed by atoms with Gasteiger partial charge < -0.3 is 20.3 Å². The molecular weight excluding hydrogens is 258 g/mol. The summed E-state index contributed by atoms with van der Waals surface area (Å²) in [6.45, 7) is 7.42. The zero-order chi connectivity index (χ0) is 14.9. The number of anilines is 1. The lowest BCUT2D eigenvalue weighted by Gasteiger charge is -2.37. The summed E-state index contributed by atoms with van der Waals surface area (Å²) in [5, 5.41) is 11.8. The molecule has 6 nitrogen and oxygen atoms in total. The summed E-state index contributed by atoms with van der Waals surface area (Å²) < 4.78 is 0. The zero-order valence-electron chi connectivity index (χ0n) is 12.1. The number of hydrogen-bond donors (Lipinski definition) is 3. The summed E-state index contributed by atoms with van der Waals surface area (Å²) >= 11 is 0. The number of aryl methyl sites for hydroxylation is 1. The molecule has 0 spiro atoms. The maximum absolute atomic E-state index is 12.2. The van der Waals surface area contributed by atoms with Crippen molar-refractivity contribution < 1.29 is 14.7 Å². The van der Waals surface area contributed by atoms with Gasteiger partial charge in [0.05, 0.1) is 5.69 Å². The Labute approximate surface area is 118 Å². The van der Waals surface area contributed by atoms with Gasteiger partial charge in [0.15, 0.2) is 0 Å². The minimum absolute atomic E-state index is 0.0205. The number of carbonyl (C=O) groups excluding carboxylic acids is 1. The van der Waals surface area contributed by atoms with Crippen LogP contribution < -0.4 is 5.32 Å². The van der Waals surface area contributed by atoms with Gasteiger partial charge in [-0.05, 0) is 31.2 Å². The van der Waals surface area contributed by atoms with E-state index in [1.807, 2.05) is 0 Å². The van der Waals surface area contributed by atoms with Crippen LogP contribution >= 0.6 is 0 Å². The number of nitrogens with one attached hydrogen (secondary N) is 2. The SMILES string of the molecule is Cc1cc(NC(=O)N2CCCC(C)(C)C2)c(C(=O)O)[nH]1. The standard InChI is InChI=1S/C14H21N3O3/c1-9-7-10(11(15-9)12(18)19)16-13(20)17-6-4-5-14(2,3)8-17/h7,15H,4-6,8H2,1-3H3,(H,16,20)(H,18,19). The number of likely N-dealkylation sites (tertiary alicyclic amines) is 1. The normalized spacial score (nSPS) is 17.9. The Morgan fingerprint density at radius 1 is 1.45 bits per heavy atom. The molecule has 1 aromatic heterocycles. The predicted octanol–water partition coefficient (Wildman–Crippen LogP) is 2.68. The summed E-state index contributed by atoms with van der Waals surface area (Å²) in [7, 11) is 0. The van der Waals surface area contributed by atoms with Gasteiger partial charge in [-0.1, -0.05) is 13.8 Å². The van der Waals surface area contributed by atoms with Crippen LogP contribution in [0.2, 0.25) is 0 Å². The lowest BCUT2D eigenvalue weighted by atomic mass is 9.84. The van der Waals surface area contributed by atoms with Gasteiger partial charge in [0, 0.05) is 18.8 Å². The lowest BCUT2D eigenvalue weighted by molar-refractivity contribution is 0.0692. The van der Waals surface area contributed by atoms with Gasteiger partial charge in [-0.15, -0.1) is 0 Å². The number of rotatable bonds is 2. The molecule has 6 heteroatoms. The molecule has 2 amide bonds. The fourth-order valence-electron chi connectivity index (χ4n) is 2.65. The number of carboxylic acid groups (broad SMARTS) is 1. The number of H-pyrrole nitrogens is 1. The van der Waals surface area contributed by atoms with E-state index in [1.165, 1.54) is 0 Å². The first-order valence-corrected chi connectivity index (χ1v) is 6.77. The van der Waals surface area contributed by atoms with Gasteiger partial charge >= 0.3 is 12.0 Å². The van der Waals surface area contributed by atoms with Crippen molar-refractivity contribution in [3.63, 3.8) is 0 Å². The van der Waals surface area contributed by atoms with E-state index in [0.717, 1.165) is 12.8 Å². The number of carbonyl (C=O) groups is 2. The van der Waals surface area contributed by atoms with Crippen molar-refractivity contribution >= 4 is 17.7 Å². The van der Waals surface area contributed by atoms with E-state index in [-0.39, 0.29) is 17.1 Å². The molecule has 110 valence electrons. The number of hydrogen-bond acceptors (Lipinski definition) is 2. The summed E-state index contributed by atoms with van der Waals surface area (Å²) in [4.78, 5) is 27.8. The molecule has 0 aromatic carbocycles. The largest absolute Gasteiger partial charge is 0.477 e. The summed E-state index contributed by atoms with van der Waals surface area (Å²) in [6.07, 6.45) is 2.07. The summed E-state index contributed by atoms with van der Waals surface area (Å²) in [5.41, 5.74) is 1.16. The molecule has 0 aliphatic carbocycles. The third-order valence-corrected chi connectivity index (χ3v) is 3.60. The Morgan fingerprint density at radius 3 is 2.75 bits per heavy atom. The van der Waals surface area contributed by atoms with Crippen LogP contribution in [0.3, 0.4) is 0 Å². The monoisotopic (exact) mass is 279 g/mol. The van der Waals surface area contributed by atoms with E-state index in [2.05, 4.69) is 24.1 Å². The Morgan fingerprint density at radius 2 is 2.15 bits per heavy atom. The minimum Gasteiger partial charge on any atom is -0.477 e. The van der Waals surface area contributed by atoms with Gasteiger partial charge in [0.25, 0.3) is 0 Å². The third-order valence-electron chi connectivity index (χ3n) is 3.60. The molecule has 20 heavy (non-hydrogen) atoms. The minimum atomic E-state index is -1.08. The smallest absolute Gasteiger partial charge is 0.354 e. The van der Waals surface area contributed by atoms with Crippen LogP contribution in [-0.2, 0) is 0 Å². The molecule has 0 bridgehead atoms. The van der Waals surface area contributed by atoms with Crippen LogP contribution in [-0.4, -0.2) is 40.1 Å². The number of urea groups is 1. The van der Waals surface area contributed by atoms with Crippen molar-refractivity contribution in [1.29, 1.82) is 0 Å². The Kier molecular flexibility index (Phi) is 3.74. The molecule has 3 N–H and O–H groups in total. The molecule has 2 rings (SSSR count). The molecule has 1 aromatic rings. The third kappa shape index (κ3) is 3.12. The van der Waals surface area contributed by atoms with Gasteiger partial charge in [-0.3, -0.25) is 0 Å². The number of piperidine rings is 1. The first-order chi connectivity index (χ1) is 9.28. The number of carboxylic acids is 1. The average Bonchev–Trinajstić information content (AvgIpc) is 2.69. The van der Waals surface area contributed by atoms with Gasteiger partial charge in [-0.2, -0.15) is 0 Å². The highest BCUT2D eigenvalue weighted by Gasteiger charge is 2.29. The Bertz CT molecular complexity index is 534. The van der Waals surface area contributed by atoms with Crippen molar-refractivity contribution in [2.24, 2.45) is 5.41 Å². The van der Waals surface area contributed by atoms with Gasteiger partial charge in [0.1, 0.15) is 5.69 Å². The quantitative estimate of drug-likeness (QED) is 0.778. The number of aromatic carboxylic acids is 1. The second kappa shape index (κ2) is 5.19. The van der Waals surface area contributed by atoms with Crippen LogP contribution in [0, 0.1) is 12.3 Å². The summed E-state index contributed by atoms with van der Waals surface area (Å²) in [6, 6.07) is 1.40. The van der Waals surface area contributed by atoms with Crippen LogP contribution in [0.4, 0.5) is 10.5 Å². The number of nitrogens with zero attached hydrogens (tertiary/aromatic N) is 1.